The summed E-state index contributed by atoms with van der Waals surface area (Å²) < 4.78 is 29.5. The Morgan fingerprint density at radius 3 is 2.55 bits per heavy atom. The van der Waals surface area contributed by atoms with Gasteiger partial charge < -0.3 is 5.11 Å². The Labute approximate surface area is 117 Å². The molecule has 0 atom stereocenters. The molecule has 0 aliphatic rings. The zero-order valence-corrected chi connectivity index (χ0v) is 11.9. The van der Waals surface area contributed by atoms with Crippen molar-refractivity contribution in [3.8, 4) is 0 Å². The monoisotopic (exact) mass is 299 g/mol. The van der Waals surface area contributed by atoms with Gasteiger partial charge in [-0.15, -0.1) is 0 Å². The summed E-state index contributed by atoms with van der Waals surface area (Å²) in [5.41, 5.74) is 1.03. The molecule has 9 heteroatoms. The molecule has 0 saturated carbocycles. The second-order valence-electron chi connectivity index (χ2n) is 4.34. The molecule has 0 bridgehead atoms. The molecule has 0 amide bonds. The van der Waals surface area contributed by atoms with Crippen molar-refractivity contribution in [3.05, 3.63) is 30.4 Å². The Kier molecular flexibility index (Phi) is 4.53. The van der Waals surface area contributed by atoms with Gasteiger partial charge in [-0.2, -0.15) is 10.2 Å². The van der Waals surface area contributed by atoms with Crippen LogP contribution in [0.3, 0.4) is 0 Å². The second-order valence-corrected chi connectivity index (χ2v) is 6.11. The van der Waals surface area contributed by atoms with Crippen LogP contribution in [0.1, 0.15) is 5.56 Å². The molecule has 0 unspecified atom stereocenters. The predicted molar refractivity (Wildman–Crippen MR) is 71.5 cm³/mol. The molecule has 0 saturated heterocycles. The molecule has 0 aliphatic carbocycles. The van der Waals surface area contributed by atoms with Crippen molar-refractivity contribution < 1.29 is 13.5 Å². The first-order chi connectivity index (χ1) is 9.51. The van der Waals surface area contributed by atoms with E-state index in [1.54, 1.807) is 10.9 Å². The summed E-state index contributed by atoms with van der Waals surface area (Å²) in [6.45, 7) is 2.80. The molecular weight excluding hydrogens is 282 g/mol. The van der Waals surface area contributed by atoms with E-state index in [0.29, 0.717) is 6.54 Å². The number of hydrogen-bond acceptors (Lipinski definition) is 5. The van der Waals surface area contributed by atoms with Crippen LogP contribution in [-0.4, -0.2) is 46.2 Å². The van der Waals surface area contributed by atoms with E-state index in [-0.39, 0.29) is 24.6 Å². The van der Waals surface area contributed by atoms with Crippen LogP contribution in [0.2, 0.25) is 0 Å². The molecule has 8 nitrogen and oxygen atoms in total. The highest BCUT2D eigenvalue weighted by Crippen LogP contribution is 2.06. The average molecular weight is 299 g/mol. The van der Waals surface area contributed by atoms with Crippen LogP contribution in [0.4, 0.5) is 0 Å². The van der Waals surface area contributed by atoms with Crippen molar-refractivity contribution >= 4 is 10.0 Å². The summed E-state index contributed by atoms with van der Waals surface area (Å²) in [7, 11) is -3.58. The van der Waals surface area contributed by atoms with E-state index in [4.69, 9.17) is 5.11 Å². The van der Waals surface area contributed by atoms with Gasteiger partial charge in [0.2, 0.25) is 10.0 Å². The highest BCUT2D eigenvalue weighted by atomic mass is 32.2. The number of nitrogens with zero attached hydrogens (tertiary/aromatic N) is 4. The molecule has 2 aromatic heterocycles. The smallest absolute Gasteiger partial charge is 0.243 e. The van der Waals surface area contributed by atoms with E-state index in [0.717, 1.165) is 5.56 Å². The number of rotatable bonds is 7. The van der Waals surface area contributed by atoms with Gasteiger partial charge in [-0.1, -0.05) is 0 Å². The summed E-state index contributed by atoms with van der Waals surface area (Å²) in [6, 6.07) is 0. The van der Waals surface area contributed by atoms with Gasteiger partial charge in [0.05, 0.1) is 32.1 Å². The maximum atomic E-state index is 12.0. The third-order valence-electron chi connectivity index (χ3n) is 2.64. The molecule has 2 rings (SSSR count). The minimum atomic E-state index is -3.58. The normalized spacial score (nSPS) is 11.9. The maximum Gasteiger partial charge on any atom is 0.243 e. The van der Waals surface area contributed by atoms with Crippen molar-refractivity contribution in [2.24, 2.45) is 0 Å². The molecule has 0 spiro atoms. The van der Waals surface area contributed by atoms with Crippen molar-refractivity contribution in [1.29, 1.82) is 0 Å². The highest BCUT2D eigenvalue weighted by Gasteiger charge is 2.15. The molecule has 0 fully saturated rings. The van der Waals surface area contributed by atoms with Crippen LogP contribution in [0, 0.1) is 6.92 Å². The first-order valence-corrected chi connectivity index (χ1v) is 7.61. The Balaban J connectivity index is 1.92. The van der Waals surface area contributed by atoms with Crippen molar-refractivity contribution in [3.63, 3.8) is 0 Å². The van der Waals surface area contributed by atoms with Crippen LogP contribution < -0.4 is 4.72 Å². The van der Waals surface area contributed by atoms with Crippen LogP contribution in [0.25, 0.3) is 0 Å². The fraction of sp³-hybridized carbons (Fsp3) is 0.455. The first-order valence-electron chi connectivity index (χ1n) is 6.13. The van der Waals surface area contributed by atoms with Gasteiger partial charge in [0, 0.05) is 18.9 Å². The summed E-state index contributed by atoms with van der Waals surface area (Å²) in [6.07, 6.45) is 6.20. The second kappa shape index (κ2) is 6.16. The van der Waals surface area contributed by atoms with Gasteiger partial charge in [-0.3, -0.25) is 9.36 Å². The molecule has 110 valence electrons. The van der Waals surface area contributed by atoms with E-state index in [1.165, 1.54) is 17.1 Å². The van der Waals surface area contributed by atoms with Gasteiger partial charge >= 0.3 is 0 Å². The van der Waals surface area contributed by atoms with Crippen molar-refractivity contribution in [1.82, 2.24) is 24.3 Å². The lowest BCUT2D eigenvalue weighted by Crippen LogP contribution is -2.27. The molecule has 0 radical (unpaired) electrons. The van der Waals surface area contributed by atoms with Gasteiger partial charge in [0.15, 0.2) is 0 Å². The minimum absolute atomic E-state index is 0.0857. The third-order valence-corrected chi connectivity index (χ3v) is 4.06. The summed E-state index contributed by atoms with van der Waals surface area (Å²) in [5.74, 6) is 0. The third kappa shape index (κ3) is 3.65. The van der Waals surface area contributed by atoms with Crippen LogP contribution in [0.5, 0.6) is 0 Å². The van der Waals surface area contributed by atoms with E-state index in [9.17, 15) is 8.42 Å². The first kappa shape index (κ1) is 14.7. The lowest BCUT2D eigenvalue weighted by Gasteiger charge is -2.04. The van der Waals surface area contributed by atoms with Gasteiger partial charge in [0.25, 0.3) is 0 Å². The van der Waals surface area contributed by atoms with Crippen molar-refractivity contribution in [2.75, 3.05) is 13.2 Å². The zero-order valence-electron chi connectivity index (χ0n) is 11.1. The molecule has 0 aromatic carbocycles. The summed E-state index contributed by atoms with van der Waals surface area (Å²) >= 11 is 0. The van der Waals surface area contributed by atoms with E-state index in [1.807, 2.05) is 13.1 Å². The zero-order chi connectivity index (χ0) is 14.6. The standard InChI is InChI=1S/C11H17N5O3S/c1-10-6-12-15(8-10)3-2-14-20(18,19)11-7-13-16(9-11)4-5-17/h6-9,14,17H,2-5H2,1H3. The molecule has 20 heavy (non-hydrogen) atoms. The Hall–Kier alpha value is -1.71. The number of aliphatic hydroxyl groups is 1. The van der Waals surface area contributed by atoms with Gasteiger partial charge in [0.1, 0.15) is 4.90 Å². The van der Waals surface area contributed by atoms with E-state index < -0.39 is 10.0 Å². The maximum absolute atomic E-state index is 12.0. The molecule has 0 aliphatic heterocycles. The Morgan fingerprint density at radius 2 is 1.90 bits per heavy atom. The van der Waals surface area contributed by atoms with Crippen LogP contribution in [0.15, 0.2) is 29.7 Å². The van der Waals surface area contributed by atoms with E-state index in [2.05, 4.69) is 14.9 Å². The van der Waals surface area contributed by atoms with Crippen LogP contribution >= 0.6 is 0 Å². The predicted octanol–water partition coefficient (Wildman–Crippen LogP) is -0.641. The van der Waals surface area contributed by atoms with Crippen LogP contribution in [-0.2, 0) is 23.1 Å². The molecule has 2 aromatic rings. The average Bonchev–Trinajstić information content (AvgIpc) is 2.99. The number of hydrogen-bond donors (Lipinski definition) is 2. The summed E-state index contributed by atoms with van der Waals surface area (Å²) in [4.78, 5) is 0.0857. The topological polar surface area (TPSA) is 102 Å². The SMILES string of the molecule is Cc1cnn(CCNS(=O)(=O)c2cnn(CCO)c2)c1. The number of aryl methyl sites for hydroxylation is 1. The lowest BCUT2D eigenvalue weighted by atomic mass is 10.4. The number of aromatic nitrogens is 4. The largest absolute Gasteiger partial charge is 0.394 e. The van der Waals surface area contributed by atoms with Crippen molar-refractivity contribution in [2.45, 2.75) is 24.9 Å². The fourth-order valence-corrected chi connectivity index (χ4v) is 2.65. The quantitative estimate of drug-likeness (QED) is 0.708. The lowest BCUT2D eigenvalue weighted by molar-refractivity contribution is 0.269. The fourth-order valence-electron chi connectivity index (χ4n) is 1.68. The number of aliphatic hydroxyl groups excluding tert-OH is 1. The molecule has 2 N–H and O–H groups in total. The highest BCUT2D eigenvalue weighted by molar-refractivity contribution is 7.89. The number of nitrogens with one attached hydrogen (secondary N) is 1. The molecule has 2 heterocycles. The Morgan fingerprint density at radius 1 is 1.20 bits per heavy atom. The summed E-state index contributed by atoms with van der Waals surface area (Å²) in [5, 5.41) is 16.7. The molecular formula is C11H17N5O3S. The Bertz CT molecular complexity index is 661. The number of sulfonamides is 1. The van der Waals surface area contributed by atoms with Gasteiger partial charge in [-0.25, -0.2) is 13.1 Å². The van der Waals surface area contributed by atoms with Gasteiger partial charge in [-0.05, 0) is 12.5 Å². The van der Waals surface area contributed by atoms with E-state index >= 15 is 0 Å². The minimum Gasteiger partial charge on any atom is -0.394 e.